The lowest BCUT2D eigenvalue weighted by Crippen LogP contribution is -2.67. The summed E-state index contributed by atoms with van der Waals surface area (Å²) in [6.45, 7) is 4.13. The van der Waals surface area contributed by atoms with Crippen LogP contribution in [0.1, 0.15) is 71.6 Å². The van der Waals surface area contributed by atoms with Crippen molar-refractivity contribution in [3.63, 3.8) is 0 Å². The van der Waals surface area contributed by atoms with Crippen molar-refractivity contribution in [2.24, 2.45) is 22.7 Å². The van der Waals surface area contributed by atoms with Crippen LogP contribution in [-0.4, -0.2) is 38.4 Å². The molecule has 0 heterocycles. The third-order valence-corrected chi connectivity index (χ3v) is 8.68. The number of aliphatic hydroxyl groups excluding tert-OH is 1. The Morgan fingerprint density at radius 1 is 0.957 bits per heavy atom. The Morgan fingerprint density at radius 2 is 1.65 bits per heavy atom. The second-order valence-electron chi connectivity index (χ2n) is 9.32. The first kappa shape index (κ1) is 16.0. The molecule has 0 aliphatic heterocycles. The summed E-state index contributed by atoms with van der Waals surface area (Å²) in [7, 11) is 0. The highest BCUT2D eigenvalue weighted by atomic mass is 16.3. The van der Waals surface area contributed by atoms with Crippen LogP contribution in [0.2, 0.25) is 0 Å². The van der Waals surface area contributed by atoms with Gasteiger partial charge in [0.25, 0.3) is 0 Å². The van der Waals surface area contributed by atoms with E-state index < -0.39 is 22.7 Å². The topological polar surface area (TPSA) is 77.8 Å². The van der Waals surface area contributed by atoms with Gasteiger partial charge in [0.1, 0.15) is 5.78 Å². The molecule has 4 aliphatic carbocycles. The highest BCUT2D eigenvalue weighted by Crippen LogP contribution is 2.67. The monoisotopic (exact) mass is 322 g/mol. The minimum absolute atomic E-state index is 0.105. The SMILES string of the molecule is CC12CCC3C(CCC4(O)CC(O)CCC34C)C1(O)CCC2=O. The van der Waals surface area contributed by atoms with Gasteiger partial charge in [-0.15, -0.1) is 0 Å². The van der Waals surface area contributed by atoms with Crippen molar-refractivity contribution in [3.8, 4) is 0 Å². The largest absolute Gasteiger partial charge is 0.393 e. The van der Waals surface area contributed by atoms with Crippen molar-refractivity contribution in [3.05, 3.63) is 0 Å². The van der Waals surface area contributed by atoms with E-state index in [1.54, 1.807) is 0 Å². The van der Waals surface area contributed by atoms with Gasteiger partial charge in [0.2, 0.25) is 0 Å². The summed E-state index contributed by atoms with van der Waals surface area (Å²) < 4.78 is 0. The quantitative estimate of drug-likeness (QED) is 0.639. The molecule has 4 saturated carbocycles. The normalized spacial score (nSPS) is 59.2. The van der Waals surface area contributed by atoms with Crippen LogP contribution in [0, 0.1) is 22.7 Å². The molecular weight excluding hydrogens is 292 g/mol. The fourth-order valence-electron chi connectivity index (χ4n) is 6.97. The average molecular weight is 322 g/mol. The molecule has 0 aromatic heterocycles. The summed E-state index contributed by atoms with van der Waals surface area (Å²) in [6, 6.07) is 0. The number of Topliss-reactive ketones (excluding diaryl/α,β-unsaturated/α-hetero) is 1. The van der Waals surface area contributed by atoms with Crippen LogP contribution in [0.15, 0.2) is 0 Å². The zero-order valence-corrected chi connectivity index (χ0v) is 14.3. The Bertz CT molecular complexity index is 547. The van der Waals surface area contributed by atoms with Gasteiger partial charge in [0.05, 0.1) is 22.7 Å². The molecule has 0 saturated heterocycles. The summed E-state index contributed by atoms with van der Waals surface area (Å²) in [5, 5.41) is 32.9. The van der Waals surface area contributed by atoms with Crippen molar-refractivity contribution in [1.29, 1.82) is 0 Å². The molecule has 7 atom stereocenters. The van der Waals surface area contributed by atoms with E-state index in [0.29, 0.717) is 25.7 Å². The van der Waals surface area contributed by atoms with Crippen LogP contribution < -0.4 is 0 Å². The van der Waals surface area contributed by atoms with Gasteiger partial charge >= 0.3 is 0 Å². The molecule has 7 unspecified atom stereocenters. The number of carbonyl (C=O) groups is 1. The molecule has 0 radical (unpaired) electrons. The van der Waals surface area contributed by atoms with Crippen molar-refractivity contribution >= 4 is 5.78 Å². The number of fused-ring (bicyclic) bond motifs is 5. The lowest BCUT2D eigenvalue weighted by Gasteiger charge is -2.65. The Labute approximate surface area is 138 Å². The van der Waals surface area contributed by atoms with E-state index >= 15 is 0 Å². The number of ketones is 1. The van der Waals surface area contributed by atoms with Gasteiger partial charge in [0, 0.05) is 12.8 Å². The fraction of sp³-hybridized carbons (Fsp3) is 0.947. The van der Waals surface area contributed by atoms with E-state index in [9.17, 15) is 20.1 Å². The molecule has 130 valence electrons. The standard InChI is InChI=1S/C19H30O4/c1-16-7-3-12(20)11-18(16,22)9-5-14-13(16)4-8-17(2)15(21)6-10-19(14,17)23/h12-14,20,22-23H,3-11H2,1-2H3. The van der Waals surface area contributed by atoms with Gasteiger partial charge in [-0.3, -0.25) is 4.79 Å². The Kier molecular flexibility index (Phi) is 3.20. The predicted molar refractivity (Wildman–Crippen MR) is 85.7 cm³/mol. The molecule has 4 fully saturated rings. The first-order valence-electron chi connectivity index (χ1n) is 9.32. The first-order chi connectivity index (χ1) is 10.7. The van der Waals surface area contributed by atoms with E-state index in [-0.39, 0.29) is 23.0 Å². The van der Waals surface area contributed by atoms with Crippen molar-refractivity contribution in [1.82, 2.24) is 0 Å². The molecule has 3 N–H and O–H groups in total. The lowest BCUT2D eigenvalue weighted by molar-refractivity contribution is -0.249. The predicted octanol–water partition coefficient (Wildman–Crippen LogP) is 2.19. The van der Waals surface area contributed by atoms with Crippen LogP contribution in [0.4, 0.5) is 0 Å². The maximum Gasteiger partial charge on any atom is 0.141 e. The molecule has 4 heteroatoms. The molecular formula is C19H30O4. The number of carbonyl (C=O) groups excluding carboxylic acids is 1. The molecule has 4 rings (SSSR count). The van der Waals surface area contributed by atoms with Crippen molar-refractivity contribution < 1.29 is 20.1 Å². The maximum absolute atomic E-state index is 12.4. The van der Waals surface area contributed by atoms with E-state index in [0.717, 1.165) is 32.1 Å². The third kappa shape index (κ3) is 1.75. The summed E-state index contributed by atoms with van der Waals surface area (Å²) >= 11 is 0. The van der Waals surface area contributed by atoms with Gasteiger partial charge < -0.3 is 15.3 Å². The Balaban J connectivity index is 1.73. The number of rotatable bonds is 0. The number of hydrogen-bond acceptors (Lipinski definition) is 4. The molecule has 0 spiro atoms. The minimum Gasteiger partial charge on any atom is -0.393 e. The van der Waals surface area contributed by atoms with Crippen LogP contribution in [0.25, 0.3) is 0 Å². The maximum atomic E-state index is 12.4. The van der Waals surface area contributed by atoms with E-state index in [1.165, 1.54) is 0 Å². The minimum atomic E-state index is -0.895. The van der Waals surface area contributed by atoms with E-state index in [2.05, 4.69) is 6.92 Å². The van der Waals surface area contributed by atoms with Gasteiger partial charge in [-0.2, -0.15) is 0 Å². The molecule has 0 aromatic rings. The molecule has 0 bridgehead atoms. The summed E-state index contributed by atoms with van der Waals surface area (Å²) in [4.78, 5) is 12.4. The number of aliphatic hydroxyl groups is 3. The summed E-state index contributed by atoms with van der Waals surface area (Å²) in [6.07, 6.45) is 5.72. The molecule has 4 nitrogen and oxygen atoms in total. The van der Waals surface area contributed by atoms with E-state index in [1.807, 2.05) is 6.92 Å². The fourth-order valence-corrected chi connectivity index (χ4v) is 6.97. The summed E-state index contributed by atoms with van der Waals surface area (Å²) in [5.41, 5.74) is -2.56. The molecule has 4 aliphatic rings. The van der Waals surface area contributed by atoms with Gasteiger partial charge in [-0.25, -0.2) is 0 Å². The van der Waals surface area contributed by atoms with Gasteiger partial charge in [-0.1, -0.05) is 6.92 Å². The number of hydrogen-bond donors (Lipinski definition) is 3. The van der Waals surface area contributed by atoms with Crippen LogP contribution in [0.5, 0.6) is 0 Å². The molecule has 0 aromatic carbocycles. The highest BCUT2D eigenvalue weighted by molar-refractivity contribution is 5.88. The zero-order chi connectivity index (χ0) is 16.7. The van der Waals surface area contributed by atoms with Gasteiger partial charge in [0.15, 0.2) is 0 Å². The summed E-state index contributed by atoms with van der Waals surface area (Å²) in [5.74, 6) is 0.578. The van der Waals surface area contributed by atoms with Crippen molar-refractivity contribution in [2.45, 2.75) is 88.9 Å². The average Bonchev–Trinajstić information content (AvgIpc) is 2.73. The Hall–Kier alpha value is -0.450. The van der Waals surface area contributed by atoms with Crippen LogP contribution in [0.3, 0.4) is 0 Å². The Morgan fingerprint density at radius 3 is 2.39 bits per heavy atom. The second-order valence-corrected chi connectivity index (χ2v) is 9.32. The van der Waals surface area contributed by atoms with Crippen LogP contribution in [-0.2, 0) is 4.79 Å². The molecule has 23 heavy (non-hydrogen) atoms. The van der Waals surface area contributed by atoms with Crippen LogP contribution >= 0.6 is 0 Å². The third-order valence-electron chi connectivity index (χ3n) is 8.68. The first-order valence-corrected chi connectivity index (χ1v) is 9.32. The zero-order valence-electron chi connectivity index (χ0n) is 14.3. The molecule has 0 amide bonds. The van der Waals surface area contributed by atoms with Crippen molar-refractivity contribution in [2.75, 3.05) is 0 Å². The van der Waals surface area contributed by atoms with Gasteiger partial charge in [-0.05, 0) is 69.1 Å². The van der Waals surface area contributed by atoms with E-state index in [4.69, 9.17) is 0 Å². The second kappa shape index (κ2) is 4.59. The highest BCUT2D eigenvalue weighted by Gasteiger charge is 2.69. The lowest BCUT2D eigenvalue weighted by atomic mass is 9.42. The smallest absolute Gasteiger partial charge is 0.141 e.